The van der Waals surface area contributed by atoms with Crippen LogP contribution >= 0.6 is 15.9 Å². The molecule has 0 aromatic heterocycles. The standard InChI is InChI=1S/C12H14BrFO2/c13-10-4-9(5-11(14)6-10)7-12(15)2-1-3-16-8-12/h4-6,15H,1-3,7-8H2. The average molecular weight is 289 g/mol. The number of ether oxygens (including phenoxy) is 1. The molecule has 1 heterocycles. The van der Waals surface area contributed by atoms with Crippen LogP contribution < -0.4 is 0 Å². The number of aliphatic hydroxyl groups is 1. The third-order valence-corrected chi connectivity index (χ3v) is 3.21. The largest absolute Gasteiger partial charge is 0.387 e. The topological polar surface area (TPSA) is 29.5 Å². The average Bonchev–Trinajstić information content (AvgIpc) is 2.15. The molecule has 2 rings (SSSR count). The molecular formula is C12H14BrFO2. The minimum Gasteiger partial charge on any atom is -0.387 e. The SMILES string of the molecule is OC1(Cc2cc(F)cc(Br)c2)CCCOC1. The number of benzene rings is 1. The lowest BCUT2D eigenvalue weighted by atomic mass is 9.89. The first-order valence-corrected chi connectivity index (χ1v) is 6.12. The highest BCUT2D eigenvalue weighted by atomic mass is 79.9. The monoisotopic (exact) mass is 288 g/mol. The fraction of sp³-hybridized carbons (Fsp3) is 0.500. The fourth-order valence-electron chi connectivity index (χ4n) is 2.07. The molecule has 1 fully saturated rings. The van der Waals surface area contributed by atoms with E-state index in [2.05, 4.69) is 15.9 Å². The summed E-state index contributed by atoms with van der Waals surface area (Å²) in [5, 5.41) is 10.2. The first kappa shape index (κ1) is 12.0. The van der Waals surface area contributed by atoms with E-state index in [1.165, 1.54) is 12.1 Å². The van der Waals surface area contributed by atoms with Crippen molar-refractivity contribution in [3.05, 3.63) is 34.1 Å². The van der Waals surface area contributed by atoms with Gasteiger partial charge < -0.3 is 9.84 Å². The molecule has 1 aromatic rings. The molecule has 0 spiro atoms. The van der Waals surface area contributed by atoms with Crippen molar-refractivity contribution in [3.63, 3.8) is 0 Å². The van der Waals surface area contributed by atoms with Crippen LogP contribution in [0.5, 0.6) is 0 Å². The molecular weight excluding hydrogens is 275 g/mol. The maximum absolute atomic E-state index is 13.2. The summed E-state index contributed by atoms with van der Waals surface area (Å²) >= 11 is 3.24. The van der Waals surface area contributed by atoms with E-state index >= 15 is 0 Å². The van der Waals surface area contributed by atoms with Crippen LogP contribution in [0.4, 0.5) is 4.39 Å². The van der Waals surface area contributed by atoms with E-state index < -0.39 is 5.60 Å². The Morgan fingerprint density at radius 1 is 1.44 bits per heavy atom. The molecule has 0 amide bonds. The smallest absolute Gasteiger partial charge is 0.124 e. The zero-order chi connectivity index (χ0) is 11.6. The van der Waals surface area contributed by atoms with Gasteiger partial charge in [0.1, 0.15) is 5.82 Å². The van der Waals surface area contributed by atoms with E-state index in [9.17, 15) is 9.50 Å². The molecule has 1 N–H and O–H groups in total. The molecule has 0 bridgehead atoms. The molecule has 1 aromatic carbocycles. The third kappa shape index (κ3) is 3.03. The third-order valence-electron chi connectivity index (χ3n) is 2.76. The van der Waals surface area contributed by atoms with Gasteiger partial charge in [-0.2, -0.15) is 0 Å². The van der Waals surface area contributed by atoms with Crippen molar-refractivity contribution in [1.29, 1.82) is 0 Å². The highest BCUT2D eigenvalue weighted by Crippen LogP contribution is 2.25. The summed E-state index contributed by atoms with van der Waals surface area (Å²) in [6.45, 7) is 1.04. The second-order valence-corrected chi connectivity index (χ2v) is 5.25. The molecule has 0 radical (unpaired) electrons. The molecule has 2 nitrogen and oxygen atoms in total. The number of hydrogen-bond donors (Lipinski definition) is 1. The van der Waals surface area contributed by atoms with Crippen LogP contribution in [-0.2, 0) is 11.2 Å². The predicted molar refractivity (Wildman–Crippen MR) is 62.8 cm³/mol. The summed E-state index contributed by atoms with van der Waals surface area (Å²) in [4.78, 5) is 0. The lowest BCUT2D eigenvalue weighted by Gasteiger charge is -2.32. The lowest BCUT2D eigenvalue weighted by molar-refractivity contribution is -0.0845. The summed E-state index contributed by atoms with van der Waals surface area (Å²) in [5.41, 5.74) is -0.0502. The summed E-state index contributed by atoms with van der Waals surface area (Å²) in [5.74, 6) is -0.287. The molecule has 16 heavy (non-hydrogen) atoms. The van der Waals surface area contributed by atoms with Gasteiger partial charge in [0.05, 0.1) is 12.2 Å². The summed E-state index contributed by atoms with van der Waals surface area (Å²) in [6.07, 6.45) is 2.00. The van der Waals surface area contributed by atoms with E-state index in [0.29, 0.717) is 30.5 Å². The first-order chi connectivity index (χ1) is 7.57. The van der Waals surface area contributed by atoms with Gasteiger partial charge in [0.25, 0.3) is 0 Å². The summed E-state index contributed by atoms with van der Waals surface area (Å²) < 4.78 is 19.1. The minimum absolute atomic E-state index is 0.287. The predicted octanol–water partition coefficient (Wildman–Crippen LogP) is 2.67. The fourth-order valence-corrected chi connectivity index (χ4v) is 2.58. The van der Waals surface area contributed by atoms with E-state index in [4.69, 9.17) is 4.74 Å². The Morgan fingerprint density at radius 3 is 2.88 bits per heavy atom. The van der Waals surface area contributed by atoms with E-state index in [-0.39, 0.29) is 5.82 Å². The van der Waals surface area contributed by atoms with Gasteiger partial charge in [-0.1, -0.05) is 15.9 Å². The molecule has 0 saturated carbocycles. The summed E-state index contributed by atoms with van der Waals surface area (Å²) in [6, 6.07) is 4.69. The van der Waals surface area contributed by atoms with Crippen LogP contribution in [0, 0.1) is 5.82 Å². The Morgan fingerprint density at radius 2 is 2.25 bits per heavy atom. The van der Waals surface area contributed by atoms with Gasteiger partial charge in [0, 0.05) is 17.5 Å². The van der Waals surface area contributed by atoms with Gasteiger partial charge in [-0.3, -0.25) is 0 Å². The quantitative estimate of drug-likeness (QED) is 0.907. The molecule has 1 aliphatic heterocycles. The van der Waals surface area contributed by atoms with Crippen LogP contribution in [0.15, 0.2) is 22.7 Å². The van der Waals surface area contributed by atoms with Crippen molar-refractivity contribution >= 4 is 15.9 Å². The van der Waals surface area contributed by atoms with Crippen LogP contribution in [0.2, 0.25) is 0 Å². The molecule has 1 unspecified atom stereocenters. The maximum atomic E-state index is 13.2. The summed E-state index contributed by atoms with van der Waals surface area (Å²) in [7, 11) is 0. The minimum atomic E-state index is -0.842. The lowest BCUT2D eigenvalue weighted by Crippen LogP contribution is -2.40. The van der Waals surface area contributed by atoms with E-state index in [1.807, 2.05) is 6.07 Å². The van der Waals surface area contributed by atoms with Gasteiger partial charge in [-0.15, -0.1) is 0 Å². The van der Waals surface area contributed by atoms with Gasteiger partial charge in [0.2, 0.25) is 0 Å². The van der Waals surface area contributed by atoms with Crippen molar-refractivity contribution in [1.82, 2.24) is 0 Å². The van der Waals surface area contributed by atoms with Gasteiger partial charge >= 0.3 is 0 Å². The zero-order valence-corrected chi connectivity index (χ0v) is 10.5. The Hall–Kier alpha value is -0.450. The van der Waals surface area contributed by atoms with Crippen LogP contribution in [0.25, 0.3) is 0 Å². The number of halogens is 2. The Balaban J connectivity index is 2.13. The number of hydrogen-bond acceptors (Lipinski definition) is 2. The van der Waals surface area contributed by atoms with Crippen molar-refractivity contribution in [2.45, 2.75) is 24.9 Å². The molecule has 1 atom stereocenters. The normalized spacial score (nSPS) is 25.7. The number of rotatable bonds is 2. The Labute approximate surface area is 103 Å². The van der Waals surface area contributed by atoms with Gasteiger partial charge in [-0.05, 0) is 36.6 Å². The Bertz CT molecular complexity index is 355. The van der Waals surface area contributed by atoms with Crippen molar-refractivity contribution < 1.29 is 14.2 Å². The van der Waals surface area contributed by atoms with Crippen molar-refractivity contribution in [2.24, 2.45) is 0 Å². The van der Waals surface area contributed by atoms with Crippen LogP contribution in [-0.4, -0.2) is 23.9 Å². The second-order valence-electron chi connectivity index (χ2n) is 4.33. The molecule has 1 saturated heterocycles. The molecule has 1 aliphatic rings. The second kappa shape index (κ2) is 4.82. The highest BCUT2D eigenvalue weighted by Gasteiger charge is 2.30. The van der Waals surface area contributed by atoms with Crippen LogP contribution in [0.1, 0.15) is 18.4 Å². The van der Waals surface area contributed by atoms with Crippen molar-refractivity contribution in [2.75, 3.05) is 13.2 Å². The zero-order valence-electron chi connectivity index (χ0n) is 8.88. The van der Waals surface area contributed by atoms with E-state index in [1.54, 1.807) is 0 Å². The molecule has 4 heteroatoms. The van der Waals surface area contributed by atoms with E-state index in [0.717, 1.165) is 12.0 Å². The van der Waals surface area contributed by atoms with Crippen LogP contribution in [0.3, 0.4) is 0 Å². The first-order valence-electron chi connectivity index (χ1n) is 5.33. The maximum Gasteiger partial charge on any atom is 0.124 e. The molecule has 88 valence electrons. The van der Waals surface area contributed by atoms with Gasteiger partial charge in [0.15, 0.2) is 0 Å². The highest BCUT2D eigenvalue weighted by molar-refractivity contribution is 9.10. The molecule has 0 aliphatic carbocycles. The van der Waals surface area contributed by atoms with Gasteiger partial charge in [-0.25, -0.2) is 4.39 Å². The van der Waals surface area contributed by atoms with Crippen molar-refractivity contribution in [3.8, 4) is 0 Å². The Kier molecular flexibility index (Phi) is 3.62.